The summed E-state index contributed by atoms with van der Waals surface area (Å²) in [5, 5.41) is 0. The lowest BCUT2D eigenvalue weighted by Crippen LogP contribution is -2.26. The average Bonchev–Trinajstić information content (AvgIpc) is 3.11. The van der Waals surface area contributed by atoms with Crippen LogP contribution in [-0.4, -0.2) is 5.78 Å². The van der Waals surface area contributed by atoms with Crippen molar-refractivity contribution in [1.82, 2.24) is 0 Å². The molecule has 0 saturated heterocycles. The maximum Gasteiger partial charge on any atom is 0.139 e. The van der Waals surface area contributed by atoms with Crippen molar-refractivity contribution in [2.24, 2.45) is 17.8 Å². The molecule has 24 heavy (non-hydrogen) atoms. The monoisotopic (exact) mass is 326 g/mol. The second-order valence-electron chi connectivity index (χ2n) is 8.23. The topological polar surface area (TPSA) is 17.1 Å². The smallest absolute Gasteiger partial charge is 0.139 e. The Balaban J connectivity index is 1.44. The summed E-state index contributed by atoms with van der Waals surface area (Å²) in [5.41, 5.74) is 1.47. The number of ketones is 1. The Kier molecular flexibility index (Phi) is 6.51. The molecular formula is C23H34O. The highest BCUT2D eigenvalue weighted by Gasteiger charge is 2.35. The molecule has 1 aromatic rings. The van der Waals surface area contributed by atoms with Gasteiger partial charge in [0.15, 0.2) is 0 Å². The predicted molar refractivity (Wildman–Crippen MR) is 101 cm³/mol. The Hall–Kier alpha value is -1.11. The molecule has 0 N–H and O–H groups in total. The van der Waals surface area contributed by atoms with Gasteiger partial charge in [-0.3, -0.25) is 4.79 Å². The molecule has 2 unspecified atom stereocenters. The SMILES string of the molecule is CCCCCC1CCC(C(=O)C2CCC(c3ccccc3)CC2)C1. The summed E-state index contributed by atoms with van der Waals surface area (Å²) in [7, 11) is 0. The highest BCUT2D eigenvalue weighted by molar-refractivity contribution is 5.83. The average molecular weight is 327 g/mol. The number of benzene rings is 1. The van der Waals surface area contributed by atoms with Crippen LogP contribution in [0.4, 0.5) is 0 Å². The first-order chi connectivity index (χ1) is 11.8. The molecule has 2 saturated carbocycles. The van der Waals surface area contributed by atoms with Gasteiger partial charge >= 0.3 is 0 Å². The van der Waals surface area contributed by atoms with Gasteiger partial charge in [-0.05, 0) is 62.3 Å². The van der Waals surface area contributed by atoms with Crippen molar-refractivity contribution >= 4 is 5.78 Å². The standard InChI is InChI=1S/C23H34O/c1-2-3-5-8-18-11-12-22(17-18)23(24)21-15-13-20(14-16-21)19-9-6-4-7-10-19/h4,6-7,9-10,18,20-22H,2-3,5,8,11-17H2,1H3. The van der Waals surface area contributed by atoms with Crippen molar-refractivity contribution in [3.8, 4) is 0 Å². The van der Waals surface area contributed by atoms with E-state index in [1.54, 1.807) is 0 Å². The summed E-state index contributed by atoms with van der Waals surface area (Å²) in [6.07, 6.45) is 13.7. The van der Waals surface area contributed by atoms with Gasteiger partial charge in [-0.1, -0.05) is 62.9 Å². The number of hydrogen-bond donors (Lipinski definition) is 0. The third-order valence-electron chi connectivity index (χ3n) is 6.56. The highest BCUT2D eigenvalue weighted by Crippen LogP contribution is 2.41. The van der Waals surface area contributed by atoms with Gasteiger partial charge in [0.25, 0.3) is 0 Å². The Labute approximate surface area is 148 Å². The summed E-state index contributed by atoms with van der Waals surface area (Å²) >= 11 is 0. The third-order valence-corrected chi connectivity index (χ3v) is 6.56. The van der Waals surface area contributed by atoms with E-state index in [1.165, 1.54) is 63.4 Å². The first kappa shape index (κ1) is 17.7. The summed E-state index contributed by atoms with van der Waals surface area (Å²) < 4.78 is 0. The van der Waals surface area contributed by atoms with Crippen LogP contribution in [0, 0.1) is 17.8 Å². The Morgan fingerprint density at radius 3 is 2.33 bits per heavy atom. The fourth-order valence-electron chi connectivity index (χ4n) is 5.05. The van der Waals surface area contributed by atoms with Crippen LogP contribution in [0.25, 0.3) is 0 Å². The largest absolute Gasteiger partial charge is 0.299 e. The molecule has 2 atom stereocenters. The van der Waals surface area contributed by atoms with E-state index in [4.69, 9.17) is 0 Å². The summed E-state index contributed by atoms with van der Waals surface area (Å²) in [6, 6.07) is 10.9. The van der Waals surface area contributed by atoms with E-state index < -0.39 is 0 Å². The maximum absolute atomic E-state index is 12.9. The van der Waals surface area contributed by atoms with Crippen LogP contribution in [0.5, 0.6) is 0 Å². The summed E-state index contributed by atoms with van der Waals surface area (Å²) in [5.74, 6) is 2.91. The fourth-order valence-corrected chi connectivity index (χ4v) is 5.05. The lowest BCUT2D eigenvalue weighted by Gasteiger charge is -2.29. The zero-order chi connectivity index (χ0) is 16.8. The number of rotatable bonds is 7. The molecule has 2 aliphatic rings. The minimum Gasteiger partial charge on any atom is -0.299 e. The van der Waals surface area contributed by atoms with Gasteiger partial charge in [0.1, 0.15) is 5.78 Å². The van der Waals surface area contributed by atoms with E-state index >= 15 is 0 Å². The summed E-state index contributed by atoms with van der Waals surface area (Å²) in [6.45, 7) is 2.27. The van der Waals surface area contributed by atoms with Crippen LogP contribution >= 0.6 is 0 Å². The molecule has 0 bridgehead atoms. The van der Waals surface area contributed by atoms with Gasteiger partial charge < -0.3 is 0 Å². The number of carbonyl (C=O) groups excluding carboxylic acids is 1. The van der Waals surface area contributed by atoms with Gasteiger partial charge in [-0.15, -0.1) is 0 Å². The number of hydrogen-bond acceptors (Lipinski definition) is 1. The van der Waals surface area contributed by atoms with E-state index in [-0.39, 0.29) is 0 Å². The lowest BCUT2D eigenvalue weighted by molar-refractivity contribution is -0.127. The van der Waals surface area contributed by atoms with E-state index in [1.807, 2.05) is 0 Å². The first-order valence-corrected chi connectivity index (χ1v) is 10.4. The van der Waals surface area contributed by atoms with E-state index in [0.717, 1.165) is 18.8 Å². The van der Waals surface area contributed by atoms with E-state index in [2.05, 4.69) is 37.3 Å². The van der Waals surface area contributed by atoms with Crippen molar-refractivity contribution in [3.63, 3.8) is 0 Å². The molecule has 2 fully saturated rings. The van der Waals surface area contributed by atoms with Gasteiger partial charge in [0.2, 0.25) is 0 Å². The van der Waals surface area contributed by atoms with Gasteiger partial charge in [0, 0.05) is 11.8 Å². The molecule has 1 nitrogen and oxygen atoms in total. The zero-order valence-corrected chi connectivity index (χ0v) is 15.4. The molecule has 1 aromatic carbocycles. The minimum atomic E-state index is 0.365. The Morgan fingerprint density at radius 1 is 0.917 bits per heavy atom. The molecule has 0 heterocycles. The van der Waals surface area contributed by atoms with Crippen LogP contribution < -0.4 is 0 Å². The molecule has 0 radical (unpaired) electrons. The van der Waals surface area contributed by atoms with E-state index in [0.29, 0.717) is 23.5 Å². The molecule has 0 aromatic heterocycles. The second-order valence-corrected chi connectivity index (χ2v) is 8.23. The van der Waals surface area contributed by atoms with Crippen LogP contribution in [-0.2, 0) is 4.79 Å². The van der Waals surface area contributed by atoms with Crippen LogP contribution in [0.15, 0.2) is 30.3 Å². The number of carbonyl (C=O) groups is 1. The highest BCUT2D eigenvalue weighted by atomic mass is 16.1. The van der Waals surface area contributed by atoms with Gasteiger partial charge in [0.05, 0.1) is 0 Å². The van der Waals surface area contributed by atoms with Crippen molar-refractivity contribution < 1.29 is 4.79 Å². The Bertz CT molecular complexity index is 498. The number of unbranched alkanes of at least 4 members (excludes halogenated alkanes) is 2. The van der Waals surface area contributed by atoms with Gasteiger partial charge in [-0.25, -0.2) is 0 Å². The molecular weight excluding hydrogens is 292 g/mol. The quantitative estimate of drug-likeness (QED) is 0.521. The molecule has 0 aliphatic heterocycles. The van der Waals surface area contributed by atoms with Crippen molar-refractivity contribution in [1.29, 1.82) is 0 Å². The fraction of sp³-hybridized carbons (Fsp3) is 0.696. The van der Waals surface area contributed by atoms with Crippen molar-refractivity contribution in [2.45, 2.75) is 83.5 Å². The third kappa shape index (κ3) is 4.49. The minimum absolute atomic E-state index is 0.365. The van der Waals surface area contributed by atoms with Crippen LogP contribution in [0.3, 0.4) is 0 Å². The molecule has 1 heteroatoms. The molecule has 3 rings (SSSR count). The van der Waals surface area contributed by atoms with E-state index in [9.17, 15) is 4.79 Å². The lowest BCUT2D eigenvalue weighted by atomic mass is 9.74. The molecule has 0 amide bonds. The van der Waals surface area contributed by atoms with Crippen molar-refractivity contribution in [3.05, 3.63) is 35.9 Å². The second kappa shape index (κ2) is 8.83. The molecule has 0 spiro atoms. The number of Topliss-reactive ketones (excluding diaryl/α,β-unsaturated/α-hetero) is 1. The molecule has 2 aliphatic carbocycles. The normalized spacial score (nSPS) is 30.4. The molecule has 132 valence electrons. The summed E-state index contributed by atoms with van der Waals surface area (Å²) in [4.78, 5) is 12.9. The zero-order valence-electron chi connectivity index (χ0n) is 15.4. The predicted octanol–water partition coefficient (Wildman–Crippen LogP) is 6.53. The Morgan fingerprint density at radius 2 is 1.62 bits per heavy atom. The first-order valence-electron chi connectivity index (χ1n) is 10.4. The van der Waals surface area contributed by atoms with Crippen LogP contribution in [0.1, 0.15) is 89.0 Å². The maximum atomic E-state index is 12.9. The van der Waals surface area contributed by atoms with Crippen LogP contribution in [0.2, 0.25) is 0 Å². The van der Waals surface area contributed by atoms with Gasteiger partial charge in [-0.2, -0.15) is 0 Å². The van der Waals surface area contributed by atoms with Crippen molar-refractivity contribution in [2.75, 3.05) is 0 Å².